The van der Waals surface area contributed by atoms with Gasteiger partial charge in [-0.3, -0.25) is 9.69 Å². The first-order valence-corrected chi connectivity index (χ1v) is 11.0. The van der Waals surface area contributed by atoms with Crippen LogP contribution in [0.1, 0.15) is 24.2 Å². The summed E-state index contributed by atoms with van der Waals surface area (Å²) in [7, 11) is 0. The van der Waals surface area contributed by atoms with Crippen molar-refractivity contribution in [2.75, 3.05) is 44.3 Å². The number of amides is 1. The lowest BCUT2D eigenvalue weighted by Gasteiger charge is -2.25. The summed E-state index contributed by atoms with van der Waals surface area (Å²) in [6, 6.07) is 7.06. The topological polar surface area (TPSA) is 54.9 Å². The van der Waals surface area contributed by atoms with Crippen LogP contribution in [0.25, 0.3) is 10.2 Å². The molecule has 0 unspecified atom stereocenters. The van der Waals surface area contributed by atoms with Crippen molar-refractivity contribution in [2.24, 2.45) is 0 Å². The molecule has 2 heterocycles. The van der Waals surface area contributed by atoms with E-state index in [1.165, 1.54) is 11.0 Å². The van der Waals surface area contributed by atoms with Gasteiger partial charge in [0.05, 0.1) is 4.70 Å². The summed E-state index contributed by atoms with van der Waals surface area (Å²) in [5.74, 6) is -0.599. The van der Waals surface area contributed by atoms with Gasteiger partial charge in [-0.05, 0) is 37.4 Å². The fraction of sp³-hybridized carbons (Fsp3) is 0.364. The normalized spacial score (nSPS) is 12.7. The maximum atomic E-state index is 14.2. The predicted octanol–water partition coefficient (Wildman–Crippen LogP) is 4.76. The van der Waals surface area contributed by atoms with Crippen LogP contribution in [-0.2, 0) is 0 Å². The van der Waals surface area contributed by atoms with E-state index in [0.29, 0.717) is 53.2 Å². The maximum absolute atomic E-state index is 14.2. The van der Waals surface area contributed by atoms with E-state index in [4.69, 9.17) is 9.47 Å². The van der Waals surface area contributed by atoms with Gasteiger partial charge in [-0.1, -0.05) is 25.2 Å². The molecule has 4 rings (SSSR count). The quantitative estimate of drug-likeness (QED) is 0.485. The average molecular weight is 484 g/mol. The van der Waals surface area contributed by atoms with Gasteiger partial charge in [0.15, 0.2) is 22.4 Å². The third-order valence-electron chi connectivity index (χ3n) is 5.20. The number of rotatable bonds is 7. The van der Waals surface area contributed by atoms with E-state index < -0.39 is 11.6 Å². The summed E-state index contributed by atoms with van der Waals surface area (Å²) < 4.78 is 39.4. The minimum Gasteiger partial charge on any atom is -0.486 e. The third kappa shape index (κ3) is 4.95. The van der Waals surface area contributed by atoms with Crippen molar-refractivity contribution < 1.29 is 23.0 Å². The van der Waals surface area contributed by atoms with Crippen molar-refractivity contribution >= 4 is 45.0 Å². The Morgan fingerprint density at radius 1 is 1.06 bits per heavy atom. The fourth-order valence-electron chi connectivity index (χ4n) is 3.46. The maximum Gasteiger partial charge on any atom is 0.260 e. The smallest absolute Gasteiger partial charge is 0.260 e. The molecule has 0 N–H and O–H groups in total. The number of hydrogen-bond acceptors (Lipinski definition) is 6. The molecule has 172 valence electrons. The number of ether oxygens (including phenoxy) is 2. The molecular formula is C22H24ClF2N3O3S. The van der Waals surface area contributed by atoms with Crippen LogP contribution in [0.15, 0.2) is 30.3 Å². The second kappa shape index (κ2) is 10.4. The summed E-state index contributed by atoms with van der Waals surface area (Å²) in [5, 5.41) is 0.326. The van der Waals surface area contributed by atoms with Gasteiger partial charge < -0.3 is 14.4 Å². The second-order valence-corrected chi connectivity index (χ2v) is 8.08. The van der Waals surface area contributed by atoms with Crippen LogP contribution in [0.5, 0.6) is 11.5 Å². The van der Waals surface area contributed by atoms with E-state index in [1.807, 2.05) is 13.8 Å². The van der Waals surface area contributed by atoms with E-state index in [2.05, 4.69) is 9.88 Å². The zero-order valence-corrected chi connectivity index (χ0v) is 19.4. The number of anilines is 1. The molecular weight excluding hydrogens is 460 g/mol. The van der Waals surface area contributed by atoms with Crippen molar-refractivity contribution in [3.8, 4) is 11.5 Å². The van der Waals surface area contributed by atoms with Crippen molar-refractivity contribution in [1.29, 1.82) is 0 Å². The number of fused-ring (bicyclic) bond motifs is 2. The molecule has 32 heavy (non-hydrogen) atoms. The number of halogens is 3. The molecule has 0 bridgehead atoms. The van der Waals surface area contributed by atoms with Gasteiger partial charge in [-0.15, -0.1) is 12.4 Å². The van der Waals surface area contributed by atoms with Crippen LogP contribution in [0.4, 0.5) is 13.9 Å². The van der Waals surface area contributed by atoms with Gasteiger partial charge >= 0.3 is 0 Å². The second-order valence-electron chi connectivity index (χ2n) is 7.07. The highest BCUT2D eigenvalue weighted by Gasteiger charge is 2.25. The predicted molar refractivity (Wildman–Crippen MR) is 124 cm³/mol. The SMILES string of the molecule is CCN(CC)CCN(C(=O)c1ccc2c(c1)OCCO2)c1nc2c(F)cc(F)cc2s1.Cl. The van der Waals surface area contributed by atoms with E-state index in [9.17, 15) is 13.6 Å². The minimum atomic E-state index is -0.743. The zero-order valence-electron chi connectivity index (χ0n) is 17.8. The molecule has 3 aromatic rings. The first-order valence-electron chi connectivity index (χ1n) is 10.2. The molecule has 6 nitrogen and oxygen atoms in total. The molecule has 0 radical (unpaired) electrons. The van der Waals surface area contributed by atoms with E-state index in [-0.39, 0.29) is 23.8 Å². The Balaban J connectivity index is 0.00000289. The number of carbonyl (C=O) groups is 1. The highest BCUT2D eigenvalue weighted by molar-refractivity contribution is 7.22. The van der Waals surface area contributed by atoms with Gasteiger partial charge in [-0.2, -0.15) is 0 Å². The third-order valence-corrected chi connectivity index (χ3v) is 6.23. The summed E-state index contributed by atoms with van der Waals surface area (Å²) in [6.45, 7) is 7.63. The lowest BCUT2D eigenvalue weighted by Crippen LogP contribution is -2.39. The molecule has 1 amide bonds. The first kappa shape index (κ1) is 24.2. The van der Waals surface area contributed by atoms with Gasteiger partial charge in [0.1, 0.15) is 24.5 Å². The Hall–Kier alpha value is -2.49. The van der Waals surface area contributed by atoms with Crippen molar-refractivity contribution in [3.05, 3.63) is 47.5 Å². The van der Waals surface area contributed by atoms with Crippen molar-refractivity contribution in [3.63, 3.8) is 0 Å². The van der Waals surface area contributed by atoms with Gasteiger partial charge in [-0.25, -0.2) is 13.8 Å². The molecule has 0 aliphatic carbocycles. The van der Waals surface area contributed by atoms with Crippen LogP contribution in [0.2, 0.25) is 0 Å². The number of likely N-dealkylation sites (N-methyl/N-ethyl adjacent to an activating group) is 1. The standard InChI is InChI=1S/C22H23F2N3O3S.ClH/c1-3-26(4-2)7-8-27(22-25-20-16(24)12-15(23)13-19(20)31-22)21(28)14-5-6-17-18(11-14)30-10-9-29-17;/h5-6,11-13H,3-4,7-10H2,1-2H3;1H. The first-order chi connectivity index (χ1) is 15.0. The summed E-state index contributed by atoms with van der Waals surface area (Å²) in [5.41, 5.74) is 0.471. The van der Waals surface area contributed by atoms with Crippen LogP contribution >= 0.6 is 23.7 Å². The highest BCUT2D eigenvalue weighted by atomic mass is 35.5. The Morgan fingerprint density at radius 3 is 2.50 bits per heavy atom. The Kier molecular flexibility index (Phi) is 7.86. The number of carbonyl (C=O) groups excluding carboxylic acids is 1. The molecule has 0 atom stereocenters. The number of thiazole rings is 1. The van der Waals surface area contributed by atoms with Gasteiger partial charge in [0.25, 0.3) is 5.91 Å². The van der Waals surface area contributed by atoms with E-state index >= 15 is 0 Å². The van der Waals surface area contributed by atoms with Gasteiger partial charge in [0.2, 0.25) is 0 Å². The molecule has 2 aromatic carbocycles. The average Bonchev–Trinajstić information content (AvgIpc) is 3.20. The molecule has 0 saturated heterocycles. The molecule has 1 aliphatic rings. The van der Waals surface area contributed by atoms with Crippen LogP contribution in [0.3, 0.4) is 0 Å². The molecule has 1 aromatic heterocycles. The molecule has 0 fully saturated rings. The van der Waals surface area contributed by atoms with Crippen LogP contribution in [0, 0.1) is 11.6 Å². The van der Waals surface area contributed by atoms with Crippen LogP contribution < -0.4 is 14.4 Å². The molecule has 1 aliphatic heterocycles. The zero-order chi connectivity index (χ0) is 22.0. The largest absolute Gasteiger partial charge is 0.486 e. The Bertz CT molecular complexity index is 1110. The van der Waals surface area contributed by atoms with Crippen LogP contribution in [-0.4, -0.2) is 55.2 Å². The molecule has 0 spiro atoms. The lowest BCUT2D eigenvalue weighted by molar-refractivity contribution is 0.0982. The monoisotopic (exact) mass is 483 g/mol. The van der Waals surface area contributed by atoms with E-state index in [0.717, 1.165) is 30.5 Å². The number of nitrogens with zero attached hydrogens (tertiary/aromatic N) is 3. The number of benzene rings is 2. The summed E-state index contributed by atoms with van der Waals surface area (Å²) >= 11 is 1.09. The minimum absolute atomic E-state index is 0. The highest BCUT2D eigenvalue weighted by Crippen LogP contribution is 2.34. The Morgan fingerprint density at radius 2 is 1.78 bits per heavy atom. The number of hydrogen-bond donors (Lipinski definition) is 0. The molecule has 10 heteroatoms. The summed E-state index contributed by atoms with van der Waals surface area (Å²) in [4.78, 5) is 21.5. The van der Waals surface area contributed by atoms with Gasteiger partial charge in [0, 0.05) is 24.7 Å². The summed E-state index contributed by atoms with van der Waals surface area (Å²) in [6.07, 6.45) is 0. The Labute approximate surface area is 195 Å². The van der Waals surface area contributed by atoms with Crippen molar-refractivity contribution in [1.82, 2.24) is 9.88 Å². The molecule has 0 saturated carbocycles. The number of aromatic nitrogens is 1. The fourth-order valence-corrected chi connectivity index (χ4v) is 4.49. The van der Waals surface area contributed by atoms with E-state index in [1.54, 1.807) is 18.2 Å². The van der Waals surface area contributed by atoms with Crippen molar-refractivity contribution in [2.45, 2.75) is 13.8 Å². The lowest BCUT2D eigenvalue weighted by atomic mass is 10.1.